The molecule has 5 heteroatoms. The number of nitriles is 1. The first-order valence-electron chi connectivity index (χ1n) is 6.98. The fourth-order valence-corrected chi connectivity index (χ4v) is 2.20. The predicted molar refractivity (Wildman–Crippen MR) is 77.7 cm³/mol. The van der Waals surface area contributed by atoms with Crippen molar-refractivity contribution < 1.29 is 14.3 Å². The molecule has 1 aromatic rings. The van der Waals surface area contributed by atoms with E-state index in [0.29, 0.717) is 25.3 Å². The molecule has 1 atom stereocenters. The summed E-state index contributed by atoms with van der Waals surface area (Å²) in [5.74, 6) is 0. The van der Waals surface area contributed by atoms with Crippen molar-refractivity contribution in [3.63, 3.8) is 0 Å². The molecule has 1 aliphatic rings. The van der Waals surface area contributed by atoms with Crippen LogP contribution in [0.15, 0.2) is 24.3 Å². The van der Waals surface area contributed by atoms with Crippen molar-refractivity contribution in [2.75, 3.05) is 19.8 Å². The molecule has 0 saturated carbocycles. The predicted octanol–water partition coefficient (Wildman–Crippen LogP) is 2.87. The molecule has 1 amide bonds. The summed E-state index contributed by atoms with van der Waals surface area (Å²) in [5.41, 5.74) is 1.02. The highest BCUT2D eigenvalue weighted by Gasteiger charge is 2.31. The van der Waals surface area contributed by atoms with Crippen LogP contribution in [0.4, 0.5) is 4.79 Å². The summed E-state index contributed by atoms with van der Waals surface area (Å²) in [6.45, 7) is 6.99. The summed E-state index contributed by atoms with van der Waals surface area (Å²) in [6.07, 6.45) is -0.333. The van der Waals surface area contributed by atoms with Crippen molar-refractivity contribution >= 4 is 6.09 Å². The molecule has 21 heavy (non-hydrogen) atoms. The van der Waals surface area contributed by atoms with Crippen molar-refractivity contribution in [2.24, 2.45) is 0 Å². The number of benzene rings is 1. The van der Waals surface area contributed by atoms with E-state index in [9.17, 15) is 4.79 Å². The second-order valence-electron chi connectivity index (χ2n) is 6.00. The highest BCUT2D eigenvalue weighted by Crippen LogP contribution is 2.26. The SMILES string of the molecule is CC(C)(C)OC(=O)N1CCOCC1c1ccc(C#N)cc1. The highest BCUT2D eigenvalue weighted by atomic mass is 16.6. The number of morpholine rings is 1. The molecule has 0 spiro atoms. The van der Waals surface area contributed by atoms with Crippen LogP contribution in [0.1, 0.15) is 37.9 Å². The molecule has 0 radical (unpaired) electrons. The lowest BCUT2D eigenvalue weighted by atomic mass is 10.0. The molecule has 112 valence electrons. The number of amides is 1. The summed E-state index contributed by atoms with van der Waals surface area (Å²) in [6, 6.07) is 9.11. The first-order valence-corrected chi connectivity index (χ1v) is 6.98. The van der Waals surface area contributed by atoms with Crippen molar-refractivity contribution in [1.82, 2.24) is 4.90 Å². The van der Waals surface area contributed by atoms with Gasteiger partial charge in [0.1, 0.15) is 5.60 Å². The van der Waals surface area contributed by atoms with Gasteiger partial charge in [-0.2, -0.15) is 5.26 Å². The lowest BCUT2D eigenvalue weighted by Gasteiger charge is -2.36. The maximum absolute atomic E-state index is 12.3. The Morgan fingerprint density at radius 2 is 2.05 bits per heavy atom. The molecule has 0 aliphatic carbocycles. The van der Waals surface area contributed by atoms with Gasteiger partial charge < -0.3 is 9.47 Å². The van der Waals surface area contributed by atoms with Gasteiger partial charge in [-0.1, -0.05) is 12.1 Å². The largest absolute Gasteiger partial charge is 0.444 e. The van der Waals surface area contributed by atoms with E-state index in [2.05, 4.69) is 6.07 Å². The Kier molecular flexibility index (Phi) is 4.49. The van der Waals surface area contributed by atoms with Gasteiger partial charge in [0, 0.05) is 6.54 Å². The van der Waals surface area contributed by atoms with Crippen molar-refractivity contribution in [3.05, 3.63) is 35.4 Å². The molecule has 1 aliphatic heterocycles. The standard InChI is InChI=1S/C16H20N2O3/c1-16(2,3)21-15(19)18-8-9-20-11-14(18)13-6-4-12(10-17)5-7-13/h4-7,14H,8-9,11H2,1-3H3. The van der Waals surface area contributed by atoms with Gasteiger partial charge in [-0.05, 0) is 38.5 Å². The molecule has 0 bridgehead atoms. The zero-order chi connectivity index (χ0) is 15.5. The monoisotopic (exact) mass is 288 g/mol. The minimum atomic E-state index is -0.523. The van der Waals surface area contributed by atoms with Crippen molar-refractivity contribution in [1.29, 1.82) is 5.26 Å². The van der Waals surface area contributed by atoms with Gasteiger partial charge >= 0.3 is 6.09 Å². The third kappa shape index (κ3) is 3.96. The van der Waals surface area contributed by atoms with Crippen LogP contribution in [0.3, 0.4) is 0 Å². The Morgan fingerprint density at radius 1 is 1.38 bits per heavy atom. The van der Waals surface area contributed by atoms with Gasteiger partial charge in [0.2, 0.25) is 0 Å². The summed E-state index contributed by atoms with van der Waals surface area (Å²) < 4.78 is 10.9. The molecule has 1 heterocycles. The third-order valence-electron chi connectivity index (χ3n) is 3.18. The second-order valence-corrected chi connectivity index (χ2v) is 6.00. The Hall–Kier alpha value is -2.06. The quantitative estimate of drug-likeness (QED) is 0.797. The van der Waals surface area contributed by atoms with E-state index in [0.717, 1.165) is 5.56 Å². The van der Waals surface area contributed by atoms with Gasteiger partial charge in [0.05, 0.1) is 30.9 Å². The number of ether oxygens (including phenoxy) is 2. The van der Waals surface area contributed by atoms with Gasteiger partial charge in [0.25, 0.3) is 0 Å². The minimum absolute atomic E-state index is 0.179. The Morgan fingerprint density at radius 3 is 2.62 bits per heavy atom. The molecular formula is C16H20N2O3. The van der Waals surface area contributed by atoms with Crippen LogP contribution in [0.25, 0.3) is 0 Å². The molecule has 1 unspecified atom stereocenters. The van der Waals surface area contributed by atoms with Gasteiger partial charge in [-0.25, -0.2) is 4.79 Å². The van der Waals surface area contributed by atoms with E-state index < -0.39 is 5.60 Å². The van der Waals surface area contributed by atoms with E-state index in [-0.39, 0.29) is 12.1 Å². The third-order valence-corrected chi connectivity index (χ3v) is 3.18. The molecular weight excluding hydrogens is 268 g/mol. The highest BCUT2D eigenvalue weighted by molar-refractivity contribution is 5.69. The molecule has 1 fully saturated rings. The van der Waals surface area contributed by atoms with Crippen LogP contribution in [-0.2, 0) is 9.47 Å². The molecule has 1 aromatic carbocycles. The van der Waals surface area contributed by atoms with Gasteiger partial charge in [-0.3, -0.25) is 4.90 Å². The van der Waals surface area contributed by atoms with Crippen LogP contribution in [0.2, 0.25) is 0 Å². The Labute approximate surface area is 125 Å². The van der Waals surface area contributed by atoms with Gasteiger partial charge in [0.15, 0.2) is 0 Å². The average Bonchev–Trinajstić information content (AvgIpc) is 2.45. The first-order chi connectivity index (χ1) is 9.90. The molecule has 0 aromatic heterocycles. The molecule has 0 N–H and O–H groups in total. The van der Waals surface area contributed by atoms with Crippen LogP contribution >= 0.6 is 0 Å². The number of nitrogens with zero attached hydrogens (tertiary/aromatic N) is 2. The summed E-state index contributed by atoms with van der Waals surface area (Å²) >= 11 is 0. The summed E-state index contributed by atoms with van der Waals surface area (Å²) in [5, 5.41) is 8.85. The van der Waals surface area contributed by atoms with E-state index in [1.54, 1.807) is 17.0 Å². The Balaban J connectivity index is 2.18. The van der Waals surface area contributed by atoms with Crippen molar-refractivity contribution in [2.45, 2.75) is 32.4 Å². The Bertz CT molecular complexity index is 540. The fraction of sp³-hybridized carbons (Fsp3) is 0.500. The number of hydrogen-bond acceptors (Lipinski definition) is 4. The van der Waals surface area contributed by atoms with E-state index >= 15 is 0 Å². The zero-order valence-corrected chi connectivity index (χ0v) is 12.6. The number of carbonyl (C=O) groups excluding carboxylic acids is 1. The van der Waals surface area contributed by atoms with Gasteiger partial charge in [-0.15, -0.1) is 0 Å². The van der Waals surface area contributed by atoms with E-state index in [1.165, 1.54) is 0 Å². The lowest BCUT2D eigenvalue weighted by molar-refractivity contribution is -0.0331. The number of rotatable bonds is 1. The first kappa shape index (κ1) is 15.3. The van der Waals surface area contributed by atoms with Crippen molar-refractivity contribution in [3.8, 4) is 6.07 Å². The second kappa shape index (κ2) is 6.15. The smallest absolute Gasteiger partial charge is 0.410 e. The normalized spacial score (nSPS) is 19.0. The average molecular weight is 288 g/mol. The van der Waals surface area contributed by atoms with Crippen LogP contribution in [-0.4, -0.2) is 36.4 Å². The van der Waals surface area contributed by atoms with Crippen LogP contribution in [0, 0.1) is 11.3 Å². The number of hydrogen-bond donors (Lipinski definition) is 0. The zero-order valence-electron chi connectivity index (χ0n) is 12.6. The molecule has 5 nitrogen and oxygen atoms in total. The number of carbonyl (C=O) groups is 1. The maximum Gasteiger partial charge on any atom is 0.410 e. The lowest BCUT2D eigenvalue weighted by Crippen LogP contribution is -2.45. The van der Waals surface area contributed by atoms with Crippen LogP contribution < -0.4 is 0 Å². The topological polar surface area (TPSA) is 62.6 Å². The minimum Gasteiger partial charge on any atom is -0.444 e. The maximum atomic E-state index is 12.3. The van der Waals surface area contributed by atoms with E-state index in [4.69, 9.17) is 14.7 Å². The summed E-state index contributed by atoms with van der Waals surface area (Å²) in [7, 11) is 0. The summed E-state index contributed by atoms with van der Waals surface area (Å²) in [4.78, 5) is 14.0. The fourth-order valence-electron chi connectivity index (χ4n) is 2.20. The van der Waals surface area contributed by atoms with Crippen LogP contribution in [0.5, 0.6) is 0 Å². The van der Waals surface area contributed by atoms with E-state index in [1.807, 2.05) is 32.9 Å². The molecule has 1 saturated heterocycles. The molecule has 2 rings (SSSR count).